The van der Waals surface area contributed by atoms with Gasteiger partial charge >= 0.3 is 0 Å². The molecule has 0 aliphatic rings. The molecule has 0 unspecified atom stereocenters. The van der Waals surface area contributed by atoms with Gasteiger partial charge in [-0.3, -0.25) is 18.9 Å². The summed E-state index contributed by atoms with van der Waals surface area (Å²) in [4.78, 5) is 32.9. The van der Waals surface area contributed by atoms with E-state index in [0.717, 1.165) is 0 Å². The molecule has 3 aromatic rings. The van der Waals surface area contributed by atoms with Crippen molar-refractivity contribution in [3.8, 4) is 5.82 Å². The van der Waals surface area contributed by atoms with Gasteiger partial charge in [0.05, 0.1) is 17.9 Å². The molecule has 10 heteroatoms. The van der Waals surface area contributed by atoms with Crippen LogP contribution < -0.4 is 16.0 Å². The summed E-state index contributed by atoms with van der Waals surface area (Å²) >= 11 is 0. The molecule has 0 radical (unpaired) electrons. The summed E-state index contributed by atoms with van der Waals surface area (Å²) in [7, 11) is -3.84. The lowest BCUT2D eigenvalue weighted by molar-refractivity contribution is -0.117. The second-order valence-electron chi connectivity index (χ2n) is 7.64. The van der Waals surface area contributed by atoms with Crippen LogP contribution in [0.2, 0.25) is 0 Å². The molecule has 0 bridgehead atoms. The summed E-state index contributed by atoms with van der Waals surface area (Å²) < 4.78 is 28.9. The van der Waals surface area contributed by atoms with Crippen LogP contribution in [0.15, 0.2) is 52.3 Å². The van der Waals surface area contributed by atoms with Crippen molar-refractivity contribution in [1.82, 2.24) is 9.55 Å². The third-order valence-electron chi connectivity index (χ3n) is 5.27. The molecule has 0 atom stereocenters. The van der Waals surface area contributed by atoms with Crippen LogP contribution in [-0.2, 0) is 27.0 Å². The van der Waals surface area contributed by atoms with Crippen LogP contribution in [0.4, 0.5) is 11.4 Å². The van der Waals surface area contributed by atoms with Gasteiger partial charge in [-0.2, -0.15) is 0 Å². The molecule has 1 amide bonds. The van der Waals surface area contributed by atoms with Gasteiger partial charge in [0.25, 0.3) is 5.56 Å². The lowest BCUT2D eigenvalue weighted by atomic mass is 10.0. The number of nitrogens with two attached hydrogens (primary N) is 1. The minimum Gasteiger partial charge on any atom is -0.395 e. The van der Waals surface area contributed by atoms with Gasteiger partial charge in [0.15, 0.2) is 5.82 Å². The summed E-state index contributed by atoms with van der Waals surface area (Å²) in [5.41, 5.74) is 8.60. The number of pyridine rings is 2. The molecule has 0 saturated carbocycles. The van der Waals surface area contributed by atoms with Crippen LogP contribution in [0, 0.1) is 20.8 Å². The van der Waals surface area contributed by atoms with E-state index in [2.05, 4.69) is 21.4 Å². The second-order valence-corrected chi connectivity index (χ2v) is 9.36. The average Bonchev–Trinajstić information content (AvgIpc) is 2.76. The van der Waals surface area contributed by atoms with Crippen LogP contribution in [-0.4, -0.2) is 30.6 Å². The largest absolute Gasteiger partial charge is 0.395 e. The van der Waals surface area contributed by atoms with E-state index in [4.69, 9.17) is 5.73 Å². The Morgan fingerprint density at radius 3 is 2.45 bits per heavy atom. The van der Waals surface area contributed by atoms with Crippen LogP contribution in [0.1, 0.15) is 28.1 Å². The summed E-state index contributed by atoms with van der Waals surface area (Å²) in [6.45, 7) is 8.36. The van der Waals surface area contributed by atoms with E-state index >= 15 is 0 Å². The number of sulfonamides is 1. The molecule has 0 aliphatic heterocycles. The Kier molecular flexibility index (Phi) is 6.78. The number of nitrogens with zero attached hydrogens (tertiary/aromatic N) is 3. The molecule has 0 fully saturated rings. The first kappa shape index (κ1) is 23.9. The molecule has 0 aliphatic carbocycles. The van der Waals surface area contributed by atoms with E-state index in [1.807, 2.05) is 0 Å². The highest BCUT2D eigenvalue weighted by Crippen LogP contribution is 2.26. The van der Waals surface area contributed by atoms with Gasteiger partial charge < -0.3 is 5.73 Å². The molecule has 0 spiro atoms. The van der Waals surface area contributed by atoms with Crippen molar-refractivity contribution in [2.24, 2.45) is 4.99 Å². The molecule has 172 valence electrons. The fourth-order valence-electron chi connectivity index (χ4n) is 3.49. The summed E-state index contributed by atoms with van der Waals surface area (Å²) in [5.74, 6) is -0.530. The summed E-state index contributed by atoms with van der Waals surface area (Å²) in [6.07, 6.45) is -0.00808. The zero-order valence-corrected chi connectivity index (χ0v) is 19.4. The number of nitrogen functional groups attached to an aromatic ring is 1. The Morgan fingerprint density at radius 2 is 1.82 bits per heavy atom. The molecular formula is C23H25N5O4S. The number of rotatable bonds is 7. The molecule has 9 nitrogen and oxygen atoms in total. The molecule has 3 N–H and O–H groups in total. The number of benzene rings is 1. The Balaban J connectivity index is 2.05. The highest BCUT2D eigenvalue weighted by Gasteiger charge is 2.20. The van der Waals surface area contributed by atoms with E-state index in [0.29, 0.717) is 28.1 Å². The minimum absolute atomic E-state index is 0.00808. The number of hydrogen-bond donors (Lipinski definition) is 2. The van der Waals surface area contributed by atoms with Crippen LogP contribution >= 0.6 is 0 Å². The van der Waals surface area contributed by atoms with Crippen molar-refractivity contribution < 1.29 is 13.2 Å². The van der Waals surface area contributed by atoms with Crippen molar-refractivity contribution in [3.05, 3.63) is 80.9 Å². The smallest absolute Gasteiger partial charge is 0.280 e. The minimum atomic E-state index is -3.84. The van der Waals surface area contributed by atoms with E-state index in [9.17, 15) is 18.0 Å². The van der Waals surface area contributed by atoms with Crippen LogP contribution in [0.3, 0.4) is 0 Å². The Morgan fingerprint density at radius 1 is 1.15 bits per heavy atom. The fourth-order valence-corrected chi connectivity index (χ4v) is 4.69. The predicted molar refractivity (Wildman–Crippen MR) is 129 cm³/mol. The normalized spacial score (nSPS) is 11.2. The maximum atomic E-state index is 13.3. The summed E-state index contributed by atoms with van der Waals surface area (Å²) in [5, 5.41) is 0. The third kappa shape index (κ3) is 5.17. The molecule has 3 rings (SSSR count). The highest BCUT2D eigenvalue weighted by atomic mass is 32.2. The number of carbonyl (C=O) groups is 1. The lowest BCUT2D eigenvalue weighted by Crippen LogP contribution is -2.28. The maximum Gasteiger partial charge on any atom is 0.280 e. The summed E-state index contributed by atoms with van der Waals surface area (Å²) in [6, 6.07) is 11.7. The monoisotopic (exact) mass is 467 g/mol. The topological polar surface area (TPSA) is 137 Å². The number of aliphatic imine (C=N–C) groups is 1. The van der Waals surface area contributed by atoms with E-state index in [1.165, 1.54) is 10.6 Å². The first-order chi connectivity index (χ1) is 15.5. The van der Waals surface area contributed by atoms with Crippen molar-refractivity contribution in [2.45, 2.75) is 32.9 Å². The molecule has 2 heterocycles. The number of hydrogen-bond acceptors (Lipinski definition) is 6. The van der Waals surface area contributed by atoms with Gasteiger partial charge in [-0.25, -0.2) is 18.4 Å². The number of nitrogens with one attached hydrogen (secondary N) is 1. The van der Waals surface area contributed by atoms with Gasteiger partial charge in [-0.1, -0.05) is 30.3 Å². The van der Waals surface area contributed by atoms with Crippen LogP contribution in [0.25, 0.3) is 5.82 Å². The predicted octanol–water partition coefficient (Wildman–Crippen LogP) is 2.45. The zero-order chi connectivity index (χ0) is 24.3. The van der Waals surface area contributed by atoms with Crippen molar-refractivity contribution in [3.63, 3.8) is 0 Å². The molecular weight excluding hydrogens is 442 g/mol. The lowest BCUT2D eigenvalue weighted by Gasteiger charge is -2.18. The molecule has 2 aromatic heterocycles. The molecule has 1 aromatic carbocycles. The van der Waals surface area contributed by atoms with Gasteiger partial charge in [0, 0.05) is 11.4 Å². The zero-order valence-electron chi connectivity index (χ0n) is 18.6. The van der Waals surface area contributed by atoms with Crippen molar-refractivity contribution >= 4 is 34.0 Å². The van der Waals surface area contributed by atoms with E-state index in [1.54, 1.807) is 57.2 Å². The van der Waals surface area contributed by atoms with Gasteiger partial charge in [0.1, 0.15) is 5.69 Å². The highest BCUT2D eigenvalue weighted by molar-refractivity contribution is 7.91. The van der Waals surface area contributed by atoms with E-state index in [-0.39, 0.29) is 29.4 Å². The molecule has 0 saturated heterocycles. The van der Waals surface area contributed by atoms with Gasteiger partial charge in [-0.15, -0.1) is 0 Å². The second kappa shape index (κ2) is 9.37. The number of aryl methyl sites for hydroxylation is 2. The number of aromatic nitrogens is 2. The van der Waals surface area contributed by atoms with Crippen molar-refractivity contribution in [1.29, 1.82) is 0 Å². The first-order valence-electron chi connectivity index (χ1n) is 10.1. The number of carbonyl (C=O) groups excluding carboxylic acids is 1. The Hall–Kier alpha value is -3.79. The fraction of sp³-hybridized carbons (Fsp3) is 0.217. The van der Waals surface area contributed by atoms with Crippen molar-refractivity contribution in [2.75, 3.05) is 10.5 Å². The SMILES string of the molecule is C=NC(=O)Cc1c(C)nc(-n2c(C)ccc(NS(=O)(=O)Cc3ccccc3)c2=O)c(N)c1C. The standard InChI is InChI=1S/C23H25N5O4S/c1-14-10-11-19(27-33(31,32)13-17-8-6-5-7-9-17)23(30)28(14)22-21(24)15(2)18(16(3)26-22)12-20(29)25-4/h5-11,27H,4,12-13,24H2,1-3H3. The molecule has 33 heavy (non-hydrogen) atoms. The van der Waals surface area contributed by atoms with Gasteiger partial charge in [0.2, 0.25) is 15.9 Å². The van der Waals surface area contributed by atoms with Gasteiger partial charge in [-0.05, 0) is 56.3 Å². The average molecular weight is 468 g/mol. The Labute approximate surface area is 192 Å². The number of anilines is 2. The van der Waals surface area contributed by atoms with Crippen LogP contribution in [0.5, 0.6) is 0 Å². The Bertz CT molecular complexity index is 1400. The van der Waals surface area contributed by atoms with E-state index < -0.39 is 21.5 Å². The first-order valence-corrected chi connectivity index (χ1v) is 11.7. The third-order valence-corrected chi connectivity index (χ3v) is 6.51. The number of amides is 1. The quantitative estimate of drug-likeness (QED) is 0.512. The maximum absolute atomic E-state index is 13.3.